The Morgan fingerprint density at radius 2 is 2.10 bits per heavy atom. The fraction of sp³-hybridized carbons (Fsp3) is 0.308. The van der Waals surface area contributed by atoms with Crippen molar-refractivity contribution in [3.8, 4) is 11.5 Å². The fourth-order valence-electron chi connectivity index (χ4n) is 1.34. The molecule has 114 valence electrons. The minimum Gasteiger partial charge on any atom is -0.504 e. The normalized spacial score (nSPS) is 10.4. The first-order chi connectivity index (χ1) is 10.1. The summed E-state index contributed by atoms with van der Waals surface area (Å²) < 4.78 is 9.67. The molecule has 8 nitrogen and oxygen atoms in total. The van der Waals surface area contributed by atoms with Crippen molar-refractivity contribution in [3.05, 3.63) is 23.8 Å². The van der Waals surface area contributed by atoms with Crippen LogP contribution < -0.4 is 15.5 Å². The summed E-state index contributed by atoms with van der Waals surface area (Å²) in [4.78, 5) is 22.7. The Morgan fingerprint density at radius 3 is 2.76 bits per heavy atom. The lowest BCUT2D eigenvalue weighted by molar-refractivity contribution is -0.139. The summed E-state index contributed by atoms with van der Waals surface area (Å²) in [6, 6.07) is 4.54. The van der Waals surface area contributed by atoms with E-state index in [2.05, 4.69) is 15.8 Å². The number of ether oxygens (including phenoxy) is 2. The first kappa shape index (κ1) is 16.4. The minimum absolute atomic E-state index is 0.00351. The molecule has 0 aliphatic carbocycles. The Kier molecular flexibility index (Phi) is 6.69. The molecule has 1 aromatic carbocycles. The zero-order valence-corrected chi connectivity index (χ0v) is 11.8. The Bertz CT molecular complexity index is 531. The maximum Gasteiger partial charge on any atom is 0.329 e. The number of amides is 2. The highest BCUT2D eigenvalue weighted by Gasteiger charge is 2.11. The monoisotopic (exact) mass is 295 g/mol. The molecule has 0 fully saturated rings. The van der Waals surface area contributed by atoms with Gasteiger partial charge in [0.25, 0.3) is 0 Å². The molecule has 0 bridgehead atoms. The number of hydrogen-bond acceptors (Lipinski definition) is 6. The third-order valence-corrected chi connectivity index (χ3v) is 2.38. The number of aromatic hydroxyl groups is 1. The van der Waals surface area contributed by atoms with E-state index in [1.807, 2.05) is 0 Å². The maximum atomic E-state index is 11.4. The summed E-state index contributed by atoms with van der Waals surface area (Å²) in [5, 5.41) is 15.4. The lowest BCUT2D eigenvalue weighted by atomic mass is 10.2. The van der Waals surface area contributed by atoms with E-state index in [1.165, 1.54) is 32.6 Å². The molecule has 0 heterocycles. The molecule has 8 heteroatoms. The predicted molar refractivity (Wildman–Crippen MR) is 75.3 cm³/mol. The van der Waals surface area contributed by atoms with E-state index < -0.39 is 11.8 Å². The molecule has 3 N–H and O–H groups in total. The molecule has 2 amide bonds. The number of benzene rings is 1. The van der Waals surface area contributed by atoms with Crippen LogP contribution in [0.2, 0.25) is 0 Å². The van der Waals surface area contributed by atoms with Gasteiger partial charge in [0, 0.05) is 13.7 Å². The van der Waals surface area contributed by atoms with Crippen molar-refractivity contribution >= 4 is 18.0 Å². The Hall–Kier alpha value is -2.61. The van der Waals surface area contributed by atoms with E-state index in [4.69, 9.17) is 9.47 Å². The molecular weight excluding hydrogens is 278 g/mol. The average molecular weight is 295 g/mol. The highest BCUT2D eigenvalue weighted by atomic mass is 16.5. The van der Waals surface area contributed by atoms with Gasteiger partial charge in [0.05, 0.1) is 19.9 Å². The fourth-order valence-corrected chi connectivity index (χ4v) is 1.34. The van der Waals surface area contributed by atoms with Crippen LogP contribution >= 0.6 is 0 Å². The second-order valence-corrected chi connectivity index (χ2v) is 3.88. The number of nitrogens with one attached hydrogen (secondary N) is 2. The van der Waals surface area contributed by atoms with Crippen molar-refractivity contribution in [2.24, 2.45) is 5.10 Å². The molecule has 0 saturated heterocycles. The number of phenols is 1. The van der Waals surface area contributed by atoms with E-state index >= 15 is 0 Å². The van der Waals surface area contributed by atoms with Gasteiger partial charge in [-0.3, -0.25) is 9.59 Å². The van der Waals surface area contributed by atoms with Gasteiger partial charge in [0.2, 0.25) is 0 Å². The molecule has 0 aromatic heterocycles. The van der Waals surface area contributed by atoms with E-state index in [0.717, 1.165) is 0 Å². The lowest BCUT2D eigenvalue weighted by Crippen LogP contribution is -2.39. The second kappa shape index (κ2) is 8.54. The zero-order valence-electron chi connectivity index (χ0n) is 11.8. The van der Waals surface area contributed by atoms with Crippen LogP contribution in [0, 0.1) is 0 Å². The Labute approximate surface area is 121 Å². The number of hydrazone groups is 1. The molecule has 1 rings (SSSR count). The number of phenolic OH excluding ortho intramolecular Hbond substituents is 1. The van der Waals surface area contributed by atoms with Gasteiger partial charge in [-0.15, -0.1) is 0 Å². The van der Waals surface area contributed by atoms with E-state index in [-0.39, 0.29) is 18.0 Å². The van der Waals surface area contributed by atoms with Gasteiger partial charge in [0.15, 0.2) is 11.5 Å². The third-order valence-electron chi connectivity index (χ3n) is 2.38. The summed E-state index contributed by atoms with van der Waals surface area (Å²) in [6.07, 6.45) is 1.32. The topological polar surface area (TPSA) is 109 Å². The molecular formula is C13H17N3O5. The maximum absolute atomic E-state index is 11.4. The van der Waals surface area contributed by atoms with Crippen LogP contribution in [-0.4, -0.2) is 50.5 Å². The molecule has 0 aliphatic heterocycles. The van der Waals surface area contributed by atoms with Gasteiger partial charge >= 0.3 is 11.8 Å². The SMILES string of the molecule is COCCNC(=O)C(=O)NN=Cc1ccc(O)c(OC)c1. The summed E-state index contributed by atoms with van der Waals surface area (Å²) in [5.41, 5.74) is 2.67. The van der Waals surface area contributed by atoms with Crippen LogP contribution in [0.25, 0.3) is 0 Å². The van der Waals surface area contributed by atoms with E-state index in [1.54, 1.807) is 6.07 Å². The number of methoxy groups -OCH3 is 2. The number of hydrogen-bond donors (Lipinski definition) is 3. The molecule has 0 saturated carbocycles. The molecule has 0 unspecified atom stereocenters. The van der Waals surface area contributed by atoms with Crippen molar-refractivity contribution in [2.75, 3.05) is 27.4 Å². The van der Waals surface area contributed by atoms with Gasteiger partial charge in [-0.25, -0.2) is 5.43 Å². The number of carbonyl (C=O) groups excluding carboxylic acids is 2. The number of rotatable bonds is 6. The van der Waals surface area contributed by atoms with E-state index in [0.29, 0.717) is 12.2 Å². The van der Waals surface area contributed by atoms with Gasteiger partial charge in [0.1, 0.15) is 0 Å². The van der Waals surface area contributed by atoms with Crippen molar-refractivity contribution in [1.82, 2.24) is 10.7 Å². The van der Waals surface area contributed by atoms with Crippen LogP contribution in [-0.2, 0) is 14.3 Å². The first-order valence-electron chi connectivity index (χ1n) is 6.05. The van der Waals surface area contributed by atoms with Gasteiger partial charge in [-0.1, -0.05) is 0 Å². The van der Waals surface area contributed by atoms with Crippen LogP contribution in [0.15, 0.2) is 23.3 Å². The predicted octanol–water partition coefficient (Wildman–Crippen LogP) is -0.386. The summed E-state index contributed by atoms with van der Waals surface area (Å²) >= 11 is 0. The molecule has 0 aliphatic rings. The molecule has 0 atom stereocenters. The summed E-state index contributed by atoms with van der Waals surface area (Å²) in [7, 11) is 2.91. The lowest BCUT2D eigenvalue weighted by Gasteiger charge is -2.04. The summed E-state index contributed by atoms with van der Waals surface area (Å²) in [5.74, 6) is -1.40. The molecule has 0 radical (unpaired) electrons. The first-order valence-corrected chi connectivity index (χ1v) is 6.05. The Morgan fingerprint density at radius 1 is 1.33 bits per heavy atom. The van der Waals surface area contributed by atoms with Gasteiger partial charge in [-0.2, -0.15) is 5.10 Å². The van der Waals surface area contributed by atoms with Crippen molar-refractivity contribution in [1.29, 1.82) is 0 Å². The highest BCUT2D eigenvalue weighted by molar-refractivity contribution is 6.35. The molecule has 1 aromatic rings. The Balaban J connectivity index is 2.50. The minimum atomic E-state index is -0.881. The molecule has 0 spiro atoms. The quantitative estimate of drug-likeness (QED) is 0.287. The number of nitrogens with zero attached hydrogens (tertiary/aromatic N) is 1. The van der Waals surface area contributed by atoms with Gasteiger partial charge in [-0.05, 0) is 23.8 Å². The zero-order chi connectivity index (χ0) is 15.7. The standard InChI is InChI=1S/C13H17N3O5/c1-20-6-5-14-12(18)13(19)16-15-8-9-3-4-10(17)11(7-9)21-2/h3-4,7-8,17H,5-6H2,1-2H3,(H,14,18)(H,16,19). The van der Waals surface area contributed by atoms with Crippen LogP contribution in [0.1, 0.15) is 5.56 Å². The summed E-state index contributed by atoms with van der Waals surface area (Å²) in [6.45, 7) is 0.553. The van der Waals surface area contributed by atoms with Crippen molar-refractivity contribution < 1.29 is 24.2 Å². The highest BCUT2D eigenvalue weighted by Crippen LogP contribution is 2.25. The van der Waals surface area contributed by atoms with Crippen LogP contribution in [0.4, 0.5) is 0 Å². The largest absolute Gasteiger partial charge is 0.504 e. The van der Waals surface area contributed by atoms with Crippen molar-refractivity contribution in [2.45, 2.75) is 0 Å². The van der Waals surface area contributed by atoms with E-state index in [9.17, 15) is 14.7 Å². The second-order valence-electron chi connectivity index (χ2n) is 3.88. The third kappa shape index (κ3) is 5.49. The number of carbonyl (C=O) groups is 2. The smallest absolute Gasteiger partial charge is 0.329 e. The van der Waals surface area contributed by atoms with Crippen LogP contribution in [0.3, 0.4) is 0 Å². The van der Waals surface area contributed by atoms with Crippen LogP contribution in [0.5, 0.6) is 11.5 Å². The van der Waals surface area contributed by atoms with Gasteiger partial charge < -0.3 is 19.9 Å². The molecule has 21 heavy (non-hydrogen) atoms. The van der Waals surface area contributed by atoms with Crippen molar-refractivity contribution in [3.63, 3.8) is 0 Å². The average Bonchev–Trinajstić information content (AvgIpc) is 2.48.